The number of aryl methyl sites for hydroxylation is 1. The molecule has 2 N–H and O–H groups in total. The average molecular weight is 310 g/mol. The lowest BCUT2D eigenvalue weighted by Crippen LogP contribution is -2.16. The maximum atomic E-state index is 12.4. The molecule has 0 atom stereocenters. The number of nitrogens with one attached hydrogen (secondary N) is 2. The largest absolute Gasteiger partial charge is 0.351 e. The Hall–Kier alpha value is -2.76. The van der Waals surface area contributed by atoms with Crippen molar-refractivity contribution >= 4 is 23.3 Å². The summed E-state index contributed by atoms with van der Waals surface area (Å²) in [6.07, 6.45) is 2.22. The standard InChI is InChI=1S/C17H18N4O2/c1-10-8-15(21-17(18-10)20-13-6-7-13)16(23)19-14-5-3-4-12(9-14)11(2)22/h3-5,8-9,13H,6-7H2,1-2H3,(H,19,23)(H,18,20,21). The van der Waals surface area contributed by atoms with E-state index < -0.39 is 0 Å². The molecule has 1 amide bonds. The van der Waals surface area contributed by atoms with E-state index in [2.05, 4.69) is 20.6 Å². The molecule has 0 saturated heterocycles. The number of amides is 1. The van der Waals surface area contributed by atoms with Crippen LogP contribution in [0.4, 0.5) is 11.6 Å². The molecule has 2 aromatic rings. The van der Waals surface area contributed by atoms with Crippen molar-refractivity contribution in [1.82, 2.24) is 9.97 Å². The lowest BCUT2D eigenvalue weighted by Gasteiger charge is -2.09. The van der Waals surface area contributed by atoms with Crippen LogP contribution in [0.25, 0.3) is 0 Å². The Labute approximate surface area is 134 Å². The lowest BCUT2D eigenvalue weighted by atomic mass is 10.1. The fourth-order valence-corrected chi connectivity index (χ4v) is 2.17. The van der Waals surface area contributed by atoms with Gasteiger partial charge in [0.2, 0.25) is 5.95 Å². The minimum Gasteiger partial charge on any atom is -0.351 e. The van der Waals surface area contributed by atoms with Crippen LogP contribution in [0.15, 0.2) is 30.3 Å². The molecular weight excluding hydrogens is 292 g/mol. The summed E-state index contributed by atoms with van der Waals surface area (Å²) in [6, 6.07) is 8.89. The molecule has 23 heavy (non-hydrogen) atoms. The summed E-state index contributed by atoms with van der Waals surface area (Å²) in [5.74, 6) is 0.111. The van der Waals surface area contributed by atoms with E-state index in [4.69, 9.17) is 0 Å². The summed E-state index contributed by atoms with van der Waals surface area (Å²) in [7, 11) is 0. The fraction of sp³-hybridized carbons (Fsp3) is 0.294. The van der Waals surface area contributed by atoms with Crippen LogP contribution in [-0.2, 0) is 0 Å². The molecule has 0 radical (unpaired) electrons. The molecule has 0 spiro atoms. The predicted octanol–water partition coefficient (Wildman–Crippen LogP) is 2.81. The van der Waals surface area contributed by atoms with Crippen LogP contribution >= 0.6 is 0 Å². The molecule has 1 fully saturated rings. The van der Waals surface area contributed by atoms with Gasteiger partial charge in [-0.3, -0.25) is 9.59 Å². The Morgan fingerprint density at radius 2 is 1.96 bits per heavy atom. The van der Waals surface area contributed by atoms with Gasteiger partial charge in [0.1, 0.15) is 5.69 Å². The Bertz CT molecular complexity index is 769. The fourth-order valence-electron chi connectivity index (χ4n) is 2.17. The number of ketones is 1. The normalized spacial score (nSPS) is 13.5. The van der Waals surface area contributed by atoms with E-state index in [1.165, 1.54) is 6.92 Å². The molecule has 0 aliphatic heterocycles. The molecule has 1 heterocycles. The van der Waals surface area contributed by atoms with Crippen LogP contribution in [0.1, 0.15) is 46.3 Å². The first kappa shape index (κ1) is 15.1. The summed E-state index contributed by atoms with van der Waals surface area (Å²) in [4.78, 5) is 32.4. The van der Waals surface area contributed by atoms with E-state index in [0.717, 1.165) is 18.5 Å². The van der Waals surface area contributed by atoms with Crippen LogP contribution < -0.4 is 10.6 Å². The zero-order chi connectivity index (χ0) is 16.4. The average Bonchev–Trinajstić information content (AvgIpc) is 3.30. The van der Waals surface area contributed by atoms with Gasteiger partial charge < -0.3 is 10.6 Å². The highest BCUT2D eigenvalue weighted by Gasteiger charge is 2.22. The molecule has 6 heteroatoms. The Morgan fingerprint density at radius 1 is 1.17 bits per heavy atom. The molecule has 1 aromatic heterocycles. The smallest absolute Gasteiger partial charge is 0.274 e. The molecule has 1 aliphatic rings. The molecule has 1 aliphatic carbocycles. The maximum Gasteiger partial charge on any atom is 0.274 e. The van der Waals surface area contributed by atoms with E-state index in [9.17, 15) is 9.59 Å². The predicted molar refractivity (Wildman–Crippen MR) is 87.8 cm³/mol. The number of carbonyl (C=O) groups is 2. The number of Topliss-reactive ketones (excluding diaryl/α,β-unsaturated/α-hetero) is 1. The molecular formula is C17H18N4O2. The van der Waals surface area contributed by atoms with Gasteiger partial charge >= 0.3 is 0 Å². The molecule has 6 nitrogen and oxygen atoms in total. The van der Waals surface area contributed by atoms with E-state index >= 15 is 0 Å². The zero-order valence-corrected chi connectivity index (χ0v) is 13.1. The second-order valence-electron chi connectivity index (χ2n) is 5.73. The number of anilines is 2. The summed E-state index contributed by atoms with van der Waals surface area (Å²) in [6.45, 7) is 3.32. The minimum absolute atomic E-state index is 0.0464. The Morgan fingerprint density at radius 3 is 2.65 bits per heavy atom. The first-order valence-corrected chi connectivity index (χ1v) is 7.56. The summed E-state index contributed by atoms with van der Waals surface area (Å²) in [5.41, 5.74) is 2.15. The van der Waals surface area contributed by atoms with Gasteiger partial charge in [-0.05, 0) is 44.9 Å². The van der Waals surface area contributed by atoms with E-state index in [1.807, 2.05) is 6.92 Å². The van der Waals surface area contributed by atoms with Gasteiger partial charge in [-0.1, -0.05) is 12.1 Å². The second kappa shape index (κ2) is 6.16. The third-order valence-corrected chi connectivity index (χ3v) is 3.52. The van der Waals surface area contributed by atoms with Gasteiger partial charge in [0, 0.05) is 23.0 Å². The van der Waals surface area contributed by atoms with Crippen molar-refractivity contribution in [3.8, 4) is 0 Å². The summed E-state index contributed by atoms with van der Waals surface area (Å²) < 4.78 is 0. The van der Waals surface area contributed by atoms with Gasteiger partial charge in [-0.15, -0.1) is 0 Å². The number of hydrogen-bond acceptors (Lipinski definition) is 5. The van der Waals surface area contributed by atoms with Crippen LogP contribution in [-0.4, -0.2) is 27.7 Å². The number of rotatable bonds is 5. The van der Waals surface area contributed by atoms with E-state index in [-0.39, 0.29) is 11.7 Å². The molecule has 0 bridgehead atoms. The topological polar surface area (TPSA) is 84.0 Å². The Balaban J connectivity index is 1.78. The van der Waals surface area contributed by atoms with Crippen LogP contribution in [0.3, 0.4) is 0 Å². The Kier molecular flexibility index (Phi) is 4.06. The highest BCUT2D eigenvalue weighted by molar-refractivity contribution is 6.04. The van der Waals surface area contributed by atoms with Gasteiger partial charge in [0.15, 0.2) is 5.78 Å². The molecule has 1 saturated carbocycles. The summed E-state index contributed by atoms with van der Waals surface area (Å²) in [5, 5.41) is 5.96. The van der Waals surface area contributed by atoms with Gasteiger partial charge in [-0.2, -0.15) is 0 Å². The third-order valence-electron chi connectivity index (χ3n) is 3.52. The van der Waals surface area contributed by atoms with Crippen molar-refractivity contribution in [1.29, 1.82) is 0 Å². The number of carbonyl (C=O) groups excluding carboxylic acids is 2. The monoisotopic (exact) mass is 310 g/mol. The van der Waals surface area contributed by atoms with Crippen molar-refractivity contribution in [2.45, 2.75) is 32.7 Å². The highest BCUT2D eigenvalue weighted by atomic mass is 16.2. The van der Waals surface area contributed by atoms with Crippen molar-refractivity contribution < 1.29 is 9.59 Å². The molecule has 1 aromatic carbocycles. The van der Waals surface area contributed by atoms with Crippen molar-refractivity contribution in [2.24, 2.45) is 0 Å². The third kappa shape index (κ3) is 3.91. The van der Waals surface area contributed by atoms with Crippen molar-refractivity contribution in [3.63, 3.8) is 0 Å². The van der Waals surface area contributed by atoms with E-state index in [0.29, 0.717) is 28.9 Å². The number of nitrogens with zero attached hydrogens (tertiary/aromatic N) is 2. The number of hydrogen-bond donors (Lipinski definition) is 2. The van der Waals surface area contributed by atoms with Crippen molar-refractivity contribution in [2.75, 3.05) is 10.6 Å². The molecule has 3 rings (SSSR count). The second-order valence-corrected chi connectivity index (χ2v) is 5.73. The first-order valence-electron chi connectivity index (χ1n) is 7.56. The van der Waals surface area contributed by atoms with Crippen LogP contribution in [0.5, 0.6) is 0 Å². The van der Waals surface area contributed by atoms with Crippen LogP contribution in [0.2, 0.25) is 0 Å². The number of aromatic nitrogens is 2. The first-order chi connectivity index (χ1) is 11.0. The van der Waals surface area contributed by atoms with Crippen molar-refractivity contribution in [3.05, 3.63) is 47.3 Å². The minimum atomic E-state index is -0.324. The maximum absolute atomic E-state index is 12.4. The van der Waals surface area contributed by atoms with Gasteiger partial charge in [0.25, 0.3) is 5.91 Å². The zero-order valence-electron chi connectivity index (χ0n) is 13.1. The van der Waals surface area contributed by atoms with E-state index in [1.54, 1.807) is 30.3 Å². The van der Waals surface area contributed by atoms with Gasteiger partial charge in [0.05, 0.1) is 0 Å². The number of benzene rings is 1. The quantitative estimate of drug-likeness (QED) is 0.830. The highest BCUT2D eigenvalue weighted by Crippen LogP contribution is 2.23. The molecule has 118 valence electrons. The van der Waals surface area contributed by atoms with Gasteiger partial charge in [-0.25, -0.2) is 9.97 Å². The van der Waals surface area contributed by atoms with Crippen LogP contribution in [0, 0.1) is 6.92 Å². The summed E-state index contributed by atoms with van der Waals surface area (Å²) >= 11 is 0. The molecule has 0 unspecified atom stereocenters. The SMILES string of the molecule is CC(=O)c1cccc(NC(=O)c2cc(C)nc(NC3CC3)n2)c1. The lowest BCUT2D eigenvalue weighted by molar-refractivity contribution is 0.100.